The van der Waals surface area contributed by atoms with Crippen LogP contribution in [0.4, 0.5) is 8.78 Å². The zero-order valence-corrected chi connectivity index (χ0v) is 11.0. The Labute approximate surface area is 108 Å². The summed E-state index contributed by atoms with van der Waals surface area (Å²) >= 11 is 3.07. The number of benzene rings is 1. The van der Waals surface area contributed by atoms with Gasteiger partial charge in [-0.1, -0.05) is 0 Å². The SMILES string of the molecule is NCC1CCN(Cc2c(F)ccc(Br)c2F)C1. The molecule has 17 heavy (non-hydrogen) atoms. The monoisotopic (exact) mass is 304 g/mol. The molecule has 1 unspecified atom stereocenters. The Morgan fingerprint density at radius 2 is 2.18 bits per heavy atom. The summed E-state index contributed by atoms with van der Waals surface area (Å²) in [5.74, 6) is -0.531. The van der Waals surface area contributed by atoms with Crippen LogP contribution in [-0.2, 0) is 6.54 Å². The fourth-order valence-corrected chi connectivity index (χ4v) is 2.56. The first kappa shape index (κ1) is 12.9. The Morgan fingerprint density at radius 1 is 1.41 bits per heavy atom. The lowest BCUT2D eigenvalue weighted by molar-refractivity contribution is 0.306. The third-order valence-corrected chi connectivity index (χ3v) is 3.84. The highest BCUT2D eigenvalue weighted by atomic mass is 79.9. The highest BCUT2D eigenvalue weighted by molar-refractivity contribution is 9.10. The molecular formula is C12H15BrF2N2. The Morgan fingerprint density at radius 3 is 2.82 bits per heavy atom. The fourth-order valence-electron chi connectivity index (χ4n) is 2.19. The molecule has 1 heterocycles. The second-order valence-electron chi connectivity index (χ2n) is 4.45. The van der Waals surface area contributed by atoms with E-state index in [1.165, 1.54) is 12.1 Å². The van der Waals surface area contributed by atoms with E-state index in [2.05, 4.69) is 15.9 Å². The highest BCUT2D eigenvalue weighted by Crippen LogP contribution is 2.25. The van der Waals surface area contributed by atoms with Gasteiger partial charge in [0, 0.05) is 18.7 Å². The van der Waals surface area contributed by atoms with Crippen LogP contribution in [0.1, 0.15) is 12.0 Å². The Kier molecular flexibility index (Phi) is 4.12. The van der Waals surface area contributed by atoms with Gasteiger partial charge in [-0.25, -0.2) is 8.78 Å². The number of hydrogen-bond acceptors (Lipinski definition) is 2. The van der Waals surface area contributed by atoms with Crippen molar-refractivity contribution >= 4 is 15.9 Å². The average Bonchev–Trinajstić information content (AvgIpc) is 2.77. The van der Waals surface area contributed by atoms with E-state index < -0.39 is 11.6 Å². The molecule has 2 N–H and O–H groups in total. The van der Waals surface area contributed by atoms with Crippen molar-refractivity contribution in [3.8, 4) is 0 Å². The number of nitrogens with zero attached hydrogens (tertiary/aromatic N) is 1. The Bertz CT molecular complexity index is 412. The molecule has 1 saturated heterocycles. The van der Waals surface area contributed by atoms with E-state index in [4.69, 9.17) is 5.73 Å². The second-order valence-corrected chi connectivity index (χ2v) is 5.30. The molecule has 0 bridgehead atoms. The first-order chi connectivity index (χ1) is 8.11. The molecule has 1 aromatic rings. The van der Waals surface area contributed by atoms with Crippen molar-refractivity contribution < 1.29 is 8.78 Å². The van der Waals surface area contributed by atoms with Crippen molar-refractivity contribution in [2.24, 2.45) is 11.7 Å². The van der Waals surface area contributed by atoms with Crippen molar-refractivity contribution in [2.75, 3.05) is 19.6 Å². The molecular weight excluding hydrogens is 290 g/mol. The molecule has 0 spiro atoms. The molecule has 94 valence electrons. The number of nitrogens with two attached hydrogens (primary N) is 1. The molecule has 1 fully saturated rings. The van der Waals surface area contributed by atoms with Crippen LogP contribution in [0.25, 0.3) is 0 Å². The van der Waals surface area contributed by atoms with Gasteiger partial charge in [0.1, 0.15) is 11.6 Å². The minimum Gasteiger partial charge on any atom is -0.330 e. The number of rotatable bonds is 3. The summed E-state index contributed by atoms with van der Waals surface area (Å²) in [4.78, 5) is 2.05. The molecule has 1 aliphatic rings. The van der Waals surface area contributed by atoms with E-state index in [1.54, 1.807) is 0 Å². The van der Waals surface area contributed by atoms with Crippen LogP contribution in [0.5, 0.6) is 0 Å². The first-order valence-electron chi connectivity index (χ1n) is 5.66. The van der Waals surface area contributed by atoms with Crippen molar-refractivity contribution in [3.63, 3.8) is 0 Å². The molecule has 0 aliphatic carbocycles. The first-order valence-corrected chi connectivity index (χ1v) is 6.46. The minimum atomic E-state index is -0.499. The lowest BCUT2D eigenvalue weighted by atomic mass is 10.1. The van der Waals surface area contributed by atoms with Gasteiger partial charge in [-0.05, 0) is 53.5 Å². The van der Waals surface area contributed by atoms with Gasteiger partial charge < -0.3 is 5.73 Å². The quantitative estimate of drug-likeness (QED) is 0.870. The topological polar surface area (TPSA) is 29.3 Å². The molecule has 1 aliphatic heterocycles. The van der Waals surface area contributed by atoms with E-state index in [1.807, 2.05) is 4.90 Å². The molecule has 2 rings (SSSR count). The van der Waals surface area contributed by atoms with Gasteiger partial charge in [-0.3, -0.25) is 4.90 Å². The average molecular weight is 305 g/mol. The van der Waals surface area contributed by atoms with Crippen molar-refractivity contribution in [2.45, 2.75) is 13.0 Å². The molecule has 0 radical (unpaired) electrons. The normalized spacial score (nSPS) is 21.1. The van der Waals surface area contributed by atoms with E-state index in [0.29, 0.717) is 23.5 Å². The van der Waals surface area contributed by atoms with Gasteiger partial charge >= 0.3 is 0 Å². The highest BCUT2D eigenvalue weighted by Gasteiger charge is 2.23. The number of likely N-dealkylation sites (tertiary alicyclic amines) is 1. The maximum absolute atomic E-state index is 13.8. The Hall–Kier alpha value is -0.520. The van der Waals surface area contributed by atoms with Gasteiger partial charge in [0.2, 0.25) is 0 Å². The smallest absolute Gasteiger partial charge is 0.144 e. The minimum absolute atomic E-state index is 0.136. The van der Waals surface area contributed by atoms with Gasteiger partial charge in [-0.2, -0.15) is 0 Å². The molecule has 1 atom stereocenters. The molecule has 0 amide bonds. The summed E-state index contributed by atoms with van der Waals surface area (Å²) in [5, 5.41) is 0. The number of hydrogen-bond donors (Lipinski definition) is 1. The maximum Gasteiger partial charge on any atom is 0.144 e. The van der Waals surface area contributed by atoms with Gasteiger partial charge in [-0.15, -0.1) is 0 Å². The predicted octanol–water partition coefficient (Wildman–Crippen LogP) is 2.51. The van der Waals surface area contributed by atoms with Gasteiger partial charge in [0.15, 0.2) is 0 Å². The summed E-state index contributed by atoms with van der Waals surface area (Å²) in [6, 6.07) is 2.68. The standard InChI is InChI=1S/C12H15BrF2N2/c13-10-1-2-11(14)9(12(10)15)7-17-4-3-8(5-16)6-17/h1-2,8H,3-7,16H2. The van der Waals surface area contributed by atoms with Crippen LogP contribution >= 0.6 is 15.9 Å². The summed E-state index contributed by atoms with van der Waals surface area (Å²) in [7, 11) is 0. The van der Waals surface area contributed by atoms with Crippen LogP contribution < -0.4 is 5.73 Å². The van der Waals surface area contributed by atoms with Crippen LogP contribution in [0.2, 0.25) is 0 Å². The van der Waals surface area contributed by atoms with Crippen molar-refractivity contribution in [1.29, 1.82) is 0 Å². The third kappa shape index (κ3) is 2.84. The summed E-state index contributed by atoms with van der Waals surface area (Å²) in [6.07, 6.45) is 1.01. The zero-order chi connectivity index (χ0) is 12.4. The third-order valence-electron chi connectivity index (χ3n) is 3.22. The van der Waals surface area contributed by atoms with E-state index in [-0.39, 0.29) is 5.56 Å². The van der Waals surface area contributed by atoms with Crippen LogP contribution in [0.15, 0.2) is 16.6 Å². The summed E-state index contributed by atoms with van der Waals surface area (Å²) in [6.45, 7) is 2.63. The summed E-state index contributed by atoms with van der Waals surface area (Å²) in [5.41, 5.74) is 5.73. The van der Waals surface area contributed by atoms with E-state index in [9.17, 15) is 8.78 Å². The van der Waals surface area contributed by atoms with Crippen LogP contribution in [-0.4, -0.2) is 24.5 Å². The van der Waals surface area contributed by atoms with Crippen LogP contribution in [0, 0.1) is 17.6 Å². The summed E-state index contributed by atoms with van der Waals surface area (Å²) < 4.78 is 27.6. The van der Waals surface area contributed by atoms with Crippen molar-refractivity contribution in [3.05, 3.63) is 33.8 Å². The van der Waals surface area contributed by atoms with Crippen molar-refractivity contribution in [1.82, 2.24) is 4.90 Å². The molecule has 0 saturated carbocycles. The largest absolute Gasteiger partial charge is 0.330 e. The lowest BCUT2D eigenvalue weighted by Crippen LogP contribution is -2.23. The second kappa shape index (κ2) is 5.42. The number of halogens is 3. The zero-order valence-electron chi connectivity index (χ0n) is 9.43. The van der Waals surface area contributed by atoms with Gasteiger partial charge in [0.25, 0.3) is 0 Å². The van der Waals surface area contributed by atoms with E-state index >= 15 is 0 Å². The predicted molar refractivity (Wildman–Crippen MR) is 66.5 cm³/mol. The van der Waals surface area contributed by atoms with Gasteiger partial charge in [0.05, 0.1) is 4.47 Å². The molecule has 5 heteroatoms. The lowest BCUT2D eigenvalue weighted by Gasteiger charge is -2.17. The molecule has 0 aromatic heterocycles. The fraction of sp³-hybridized carbons (Fsp3) is 0.500. The molecule has 1 aromatic carbocycles. The molecule has 2 nitrogen and oxygen atoms in total. The Balaban J connectivity index is 2.11. The van der Waals surface area contributed by atoms with E-state index in [0.717, 1.165) is 19.5 Å². The maximum atomic E-state index is 13.8. The van der Waals surface area contributed by atoms with Crippen LogP contribution in [0.3, 0.4) is 0 Å².